The van der Waals surface area contributed by atoms with Crippen LogP contribution in [-0.4, -0.2) is 48.4 Å². The van der Waals surface area contributed by atoms with E-state index in [9.17, 15) is 4.79 Å². The number of halogens is 1. The first kappa shape index (κ1) is 20.2. The van der Waals surface area contributed by atoms with E-state index in [1.165, 1.54) is 18.5 Å². The lowest BCUT2D eigenvalue weighted by Crippen LogP contribution is -2.54. The standard InChI is InChI=1S/C20H31BrN4O2/c1-19(2,3)27-18(26)23-20(4)7-11-25(12-8-20)17-14-15(13-16(21)22-17)24-9-5-6-10-24/h13-14H,5-12H2,1-4H3,(H,23,26). The van der Waals surface area contributed by atoms with Crippen LogP contribution in [0.25, 0.3) is 0 Å². The lowest BCUT2D eigenvalue weighted by molar-refractivity contribution is 0.0448. The molecule has 7 heteroatoms. The third kappa shape index (κ3) is 5.50. The van der Waals surface area contributed by atoms with Gasteiger partial charge in [0.2, 0.25) is 0 Å². The van der Waals surface area contributed by atoms with Crippen LogP contribution < -0.4 is 15.1 Å². The molecule has 1 aromatic rings. The third-order valence-electron chi connectivity index (χ3n) is 5.23. The molecule has 0 atom stereocenters. The Kier molecular flexibility index (Phi) is 5.89. The Hall–Kier alpha value is -1.50. The Morgan fingerprint density at radius 3 is 2.37 bits per heavy atom. The number of carbonyl (C=O) groups excluding carboxylic acids is 1. The summed E-state index contributed by atoms with van der Waals surface area (Å²) >= 11 is 3.57. The number of aromatic nitrogens is 1. The molecule has 2 aliphatic rings. The summed E-state index contributed by atoms with van der Waals surface area (Å²) in [5, 5.41) is 3.07. The molecule has 0 unspecified atom stereocenters. The van der Waals surface area contributed by atoms with Crippen LogP contribution in [0.4, 0.5) is 16.3 Å². The number of pyridine rings is 1. The maximum Gasteiger partial charge on any atom is 0.408 e. The van der Waals surface area contributed by atoms with Crippen molar-refractivity contribution in [2.75, 3.05) is 36.0 Å². The first-order chi connectivity index (χ1) is 12.6. The van der Waals surface area contributed by atoms with Crippen molar-refractivity contribution in [3.05, 3.63) is 16.7 Å². The Morgan fingerprint density at radius 2 is 1.78 bits per heavy atom. The summed E-state index contributed by atoms with van der Waals surface area (Å²) in [7, 11) is 0. The molecule has 2 fully saturated rings. The number of nitrogens with one attached hydrogen (secondary N) is 1. The third-order valence-corrected chi connectivity index (χ3v) is 5.64. The smallest absolute Gasteiger partial charge is 0.408 e. The van der Waals surface area contributed by atoms with Gasteiger partial charge in [-0.2, -0.15) is 0 Å². The van der Waals surface area contributed by atoms with Crippen molar-refractivity contribution in [2.24, 2.45) is 0 Å². The number of rotatable bonds is 3. The first-order valence-corrected chi connectivity index (χ1v) is 10.6. The number of hydrogen-bond donors (Lipinski definition) is 1. The fourth-order valence-corrected chi connectivity index (χ4v) is 4.11. The Bertz CT molecular complexity index is 675. The lowest BCUT2D eigenvalue weighted by Gasteiger charge is -2.40. The molecule has 0 spiro atoms. The molecule has 6 nitrogen and oxygen atoms in total. The normalized spacial score (nSPS) is 19.9. The Labute approximate surface area is 170 Å². The van der Waals surface area contributed by atoms with Crippen LogP contribution in [0.15, 0.2) is 16.7 Å². The zero-order chi connectivity index (χ0) is 19.7. The van der Waals surface area contributed by atoms with E-state index >= 15 is 0 Å². The maximum atomic E-state index is 12.1. The zero-order valence-corrected chi connectivity index (χ0v) is 18.4. The number of piperidine rings is 1. The van der Waals surface area contributed by atoms with Crippen LogP contribution in [-0.2, 0) is 4.74 Å². The molecule has 0 aromatic carbocycles. The highest BCUT2D eigenvalue weighted by Crippen LogP contribution is 2.31. The van der Waals surface area contributed by atoms with Gasteiger partial charge in [0, 0.05) is 43.5 Å². The highest BCUT2D eigenvalue weighted by molar-refractivity contribution is 9.10. The molecule has 1 N–H and O–H groups in total. The molecule has 0 aliphatic carbocycles. The van der Waals surface area contributed by atoms with Crippen LogP contribution in [0.2, 0.25) is 0 Å². The van der Waals surface area contributed by atoms with Crippen molar-refractivity contribution in [3.8, 4) is 0 Å². The van der Waals surface area contributed by atoms with Gasteiger partial charge in [0.25, 0.3) is 0 Å². The number of amides is 1. The number of anilines is 2. The van der Waals surface area contributed by atoms with Crippen molar-refractivity contribution < 1.29 is 9.53 Å². The molecule has 1 amide bonds. The van der Waals surface area contributed by atoms with Crippen molar-refractivity contribution in [2.45, 2.75) is 64.5 Å². The van der Waals surface area contributed by atoms with Gasteiger partial charge in [0.1, 0.15) is 16.0 Å². The molecule has 2 aliphatic heterocycles. The molecule has 0 saturated carbocycles. The minimum Gasteiger partial charge on any atom is -0.444 e. The zero-order valence-electron chi connectivity index (χ0n) is 16.8. The van der Waals surface area contributed by atoms with E-state index in [1.807, 2.05) is 20.8 Å². The van der Waals surface area contributed by atoms with Crippen LogP contribution >= 0.6 is 15.9 Å². The minimum absolute atomic E-state index is 0.247. The van der Waals surface area contributed by atoms with Gasteiger partial charge < -0.3 is 19.9 Å². The fourth-order valence-electron chi connectivity index (χ4n) is 3.69. The van der Waals surface area contributed by atoms with Crippen molar-refractivity contribution in [1.29, 1.82) is 0 Å². The van der Waals surface area contributed by atoms with Crippen LogP contribution in [0.5, 0.6) is 0 Å². The number of alkyl carbamates (subject to hydrolysis) is 1. The van der Waals surface area contributed by atoms with Gasteiger partial charge in [-0.3, -0.25) is 0 Å². The number of nitrogens with zero attached hydrogens (tertiary/aromatic N) is 3. The summed E-state index contributed by atoms with van der Waals surface area (Å²) < 4.78 is 6.29. The maximum absolute atomic E-state index is 12.1. The predicted octanol–water partition coefficient (Wildman–Crippen LogP) is 4.33. The van der Waals surface area contributed by atoms with Gasteiger partial charge in [0.05, 0.1) is 0 Å². The quantitative estimate of drug-likeness (QED) is 0.711. The van der Waals surface area contributed by atoms with E-state index in [4.69, 9.17) is 4.74 Å². The summed E-state index contributed by atoms with van der Waals surface area (Å²) in [6.45, 7) is 11.7. The molecule has 0 radical (unpaired) electrons. The van der Waals surface area contributed by atoms with Gasteiger partial charge in [-0.25, -0.2) is 9.78 Å². The van der Waals surface area contributed by atoms with Crippen LogP contribution in [0.1, 0.15) is 53.4 Å². The highest BCUT2D eigenvalue weighted by Gasteiger charge is 2.33. The molecule has 2 saturated heterocycles. The van der Waals surface area contributed by atoms with Crippen LogP contribution in [0.3, 0.4) is 0 Å². The highest BCUT2D eigenvalue weighted by atomic mass is 79.9. The largest absolute Gasteiger partial charge is 0.444 e. The summed E-state index contributed by atoms with van der Waals surface area (Å²) in [6.07, 6.45) is 3.90. The monoisotopic (exact) mass is 438 g/mol. The second-order valence-electron chi connectivity index (χ2n) is 8.88. The molecular formula is C20H31BrN4O2. The van der Waals surface area contributed by atoms with E-state index in [-0.39, 0.29) is 11.6 Å². The fraction of sp³-hybridized carbons (Fsp3) is 0.700. The molecular weight excluding hydrogens is 408 g/mol. The SMILES string of the molecule is CC1(NC(=O)OC(C)(C)C)CCN(c2cc(N3CCCC3)cc(Br)n2)CC1. The second-order valence-corrected chi connectivity index (χ2v) is 9.69. The van der Waals surface area contributed by atoms with E-state index in [2.05, 4.69) is 55.1 Å². The summed E-state index contributed by atoms with van der Waals surface area (Å²) in [5.74, 6) is 1.01. The number of ether oxygens (including phenoxy) is 1. The summed E-state index contributed by atoms with van der Waals surface area (Å²) in [6, 6.07) is 4.30. The van der Waals surface area contributed by atoms with Crippen molar-refractivity contribution in [1.82, 2.24) is 10.3 Å². The Morgan fingerprint density at radius 1 is 1.15 bits per heavy atom. The van der Waals surface area contributed by atoms with Gasteiger partial charge >= 0.3 is 6.09 Å². The van der Waals surface area contributed by atoms with Gasteiger partial charge in [0.15, 0.2) is 0 Å². The molecule has 3 rings (SSSR count). The lowest BCUT2D eigenvalue weighted by atomic mass is 9.90. The van der Waals surface area contributed by atoms with Crippen LogP contribution in [0, 0.1) is 0 Å². The molecule has 150 valence electrons. The van der Waals surface area contributed by atoms with Gasteiger partial charge in [-0.1, -0.05) is 0 Å². The van der Waals surface area contributed by atoms with E-state index < -0.39 is 5.60 Å². The molecule has 0 bridgehead atoms. The van der Waals surface area contributed by atoms with Crippen molar-refractivity contribution in [3.63, 3.8) is 0 Å². The topological polar surface area (TPSA) is 57.7 Å². The van der Waals surface area contributed by atoms with Gasteiger partial charge in [-0.05, 0) is 75.4 Å². The summed E-state index contributed by atoms with van der Waals surface area (Å²) in [4.78, 5) is 21.6. The second kappa shape index (κ2) is 7.86. The first-order valence-electron chi connectivity index (χ1n) is 9.82. The number of carbonyl (C=O) groups is 1. The summed E-state index contributed by atoms with van der Waals surface area (Å²) in [5.41, 5.74) is 0.514. The van der Waals surface area contributed by atoms with E-state index in [0.717, 1.165) is 49.4 Å². The average molecular weight is 439 g/mol. The van der Waals surface area contributed by atoms with Crippen molar-refractivity contribution >= 4 is 33.5 Å². The average Bonchev–Trinajstić information content (AvgIpc) is 3.07. The number of hydrogen-bond acceptors (Lipinski definition) is 5. The molecule has 3 heterocycles. The van der Waals surface area contributed by atoms with E-state index in [0.29, 0.717) is 0 Å². The minimum atomic E-state index is -0.479. The Balaban J connectivity index is 1.62. The van der Waals surface area contributed by atoms with E-state index in [1.54, 1.807) is 0 Å². The molecule has 27 heavy (non-hydrogen) atoms. The van der Waals surface area contributed by atoms with Gasteiger partial charge in [-0.15, -0.1) is 0 Å². The molecule has 1 aromatic heterocycles. The predicted molar refractivity (Wildman–Crippen MR) is 113 cm³/mol.